The van der Waals surface area contributed by atoms with Gasteiger partial charge in [0.25, 0.3) is 0 Å². The summed E-state index contributed by atoms with van der Waals surface area (Å²) in [6, 6.07) is 0.312. The van der Waals surface area contributed by atoms with Crippen LogP contribution in [-0.2, 0) is 10.0 Å². The predicted octanol–water partition coefficient (Wildman–Crippen LogP) is 1.54. The van der Waals surface area contributed by atoms with Gasteiger partial charge in [0.15, 0.2) is 17.5 Å². The standard InChI is InChI=1S/C11H14F3NO3S/c1-7(3-2-4-16)15-19(17,18)8-5-9(12)11(14)10(13)6-8/h5-7,15-16H,2-4H2,1H3. The molecule has 19 heavy (non-hydrogen) atoms. The summed E-state index contributed by atoms with van der Waals surface area (Å²) in [5, 5.41) is 8.62. The van der Waals surface area contributed by atoms with Crippen LogP contribution in [0.5, 0.6) is 0 Å². The normalized spacial score (nSPS) is 13.5. The maximum atomic E-state index is 13.0. The molecule has 0 aliphatic heterocycles. The number of aliphatic hydroxyl groups is 1. The SMILES string of the molecule is CC(CCCO)NS(=O)(=O)c1cc(F)c(F)c(F)c1. The monoisotopic (exact) mass is 297 g/mol. The van der Waals surface area contributed by atoms with Crippen LogP contribution in [0.4, 0.5) is 13.2 Å². The molecule has 0 aromatic heterocycles. The van der Waals surface area contributed by atoms with Crippen molar-refractivity contribution in [1.29, 1.82) is 0 Å². The molecule has 0 aliphatic carbocycles. The molecule has 1 aromatic rings. The van der Waals surface area contributed by atoms with Crippen LogP contribution in [0.25, 0.3) is 0 Å². The third-order valence-corrected chi connectivity index (χ3v) is 3.99. The van der Waals surface area contributed by atoms with Gasteiger partial charge in [-0.05, 0) is 31.9 Å². The highest BCUT2D eigenvalue weighted by Crippen LogP contribution is 2.18. The van der Waals surface area contributed by atoms with E-state index < -0.39 is 38.4 Å². The fourth-order valence-electron chi connectivity index (χ4n) is 1.48. The number of hydrogen-bond donors (Lipinski definition) is 2. The molecule has 0 saturated heterocycles. The molecule has 1 aromatic carbocycles. The molecular formula is C11H14F3NO3S. The Morgan fingerprint density at radius 2 is 1.79 bits per heavy atom. The first kappa shape index (κ1) is 15.9. The summed E-state index contributed by atoms with van der Waals surface area (Å²) in [4.78, 5) is -0.681. The van der Waals surface area contributed by atoms with Crippen molar-refractivity contribution in [1.82, 2.24) is 4.72 Å². The number of halogens is 3. The topological polar surface area (TPSA) is 66.4 Å². The largest absolute Gasteiger partial charge is 0.396 e. The molecule has 0 aliphatic rings. The Labute approximate surface area is 109 Å². The molecule has 0 saturated carbocycles. The van der Waals surface area contributed by atoms with Gasteiger partial charge in [0.1, 0.15) is 0 Å². The first-order valence-corrected chi connectivity index (χ1v) is 7.04. The van der Waals surface area contributed by atoms with E-state index in [1.54, 1.807) is 6.92 Å². The van der Waals surface area contributed by atoms with Gasteiger partial charge in [-0.1, -0.05) is 0 Å². The van der Waals surface area contributed by atoms with Gasteiger partial charge in [0.05, 0.1) is 4.90 Å². The molecule has 0 heterocycles. The molecule has 8 heteroatoms. The Hall–Kier alpha value is -1.12. The molecular weight excluding hydrogens is 283 g/mol. The van der Waals surface area contributed by atoms with Crippen molar-refractivity contribution >= 4 is 10.0 Å². The maximum Gasteiger partial charge on any atom is 0.241 e. The third kappa shape index (κ3) is 4.19. The molecule has 2 N–H and O–H groups in total. The molecule has 0 bridgehead atoms. The second kappa shape index (κ2) is 6.36. The number of nitrogens with one attached hydrogen (secondary N) is 1. The molecule has 0 spiro atoms. The fourth-order valence-corrected chi connectivity index (χ4v) is 2.78. The highest BCUT2D eigenvalue weighted by atomic mass is 32.2. The van der Waals surface area contributed by atoms with Crippen molar-refractivity contribution in [3.63, 3.8) is 0 Å². The lowest BCUT2D eigenvalue weighted by Crippen LogP contribution is -2.33. The second-order valence-electron chi connectivity index (χ2n) is 4.09. The first-order valence-electron chi connectivity index (χ1n) is 5.55. The molecule has 1 unspecified atom stereocenters. The molecule has 0 fully saturated rings. The highest BCUT2D eigenvalue weighted by molar-refractivity contribution is 7.89. The first-order chi connectivity index (χ1) is 8.77. The van der Waals surface area contributed by atoms with Gasteiger partial charge < -0.3 is 5.11 Å². The number of benzene rings is 1. The Bertz CT molecular complexity index is 525. The number of aliphatic hydroxyl groups excluding tert-OH is 1. The van der Waals surface area contributed by atoms with E-state index in [9.17, 15) is 21.6 Å². The molecule has 108 valence electrons. The minimum Gasteiger partial charge on any atom is -0.396 e. The third-order valence-electron chi connectivity index (χ3n) is 2.42. The zero-order chi connectivity index (χ0) is 14.6. The van der Waals surface area contributed by atoms with Crippen molar-refractivity contribution < 1.29 is 26.7 Å². The van der Waals surface area contributed by atoms with Crippen molar-refractivity contribution in [3.8, 4) is 0 Å². The number of sulfonamides is 1. The quantitative estimate of drug-likeness (QED) is 0.783. The average molecular weight is 297 g/mol. The van der Waals surface area contributed by atoms with Crippen LogP contribution in [0.2, 0.25) is 0 Å². The van der Waals surface area contributed by atoms with E-state index in [2.05, 4.69) is 4.72 Å². The number of hydrogen-bond acceptors (Lipinski definition) is 3. The van der Waals surface area contributed by atoms with E-state index >= 15 is 0 Å². The highest BCUT2D eigenvalue weighted by Gasteiger charge is 2.21. The lowest BCUT2D eigenvalue weighted by molar-refractivity contribution is 0.279. The minimum absolute atomic E-state index is 0.0914. The smallest absolute Gasteiger partial charge is 0.241 e. The van der Waals surface area contributed by atoms with Gasteiger partial charge in [0, 0.05) is 12.6 Å². The second-order valence-corrected chi connectivity index (χ2v) is 5.80. The zero-order valence-corrected chi connectivity index (χ0v) is 11.0. The Kier molecular flexibility index (Phi) is 5.33. The van der Waals surface area contributed by atoms with E-state index in [4.69, 9.17) is 5.11 Å². The Morgan fingerprint density at radius 1 is 1.26 bits per heavy atom. The summed E-state index contributed by atoms with van der Waals surface area (Å²) in [5.74, 6) is -4.85. The lowest BCUT2D eigenvalue weighted by atomic mass is 10.2. The van der Waals surface area contributed by atoms with Crippen LogP contribution in [0.15, 0.2) is 17.0 Å². The number of rotatable bonds is 6. The van der Waals surface area contributed by atoms with Gasteiger partial charge in [-0.15, -0.1) is 0 Å². The summed E-state index contributed by atoms with van der Waals surface area (Å²) in [7, 11) is -4.13. The van der Waals surface area contributed by atoms with Crippen molar-refractivity contribution in [2.24, 2.45) is 0 Å². The van der Waals surface area contributed by atoms with Crippen molar-refractivity contribution in [3.05, 3.63) is 29.6 Å². The summed E-state index contributed by atoms with van der Waals surface area (Å²) in [6.07, 6.45) is 0.748. The van der Waals surface area contributed by atoms with Crippen LogP contribution in [0, 0.1) is 17.5 Å². The van der Waals surface area contributed by atoms with Gasteiger partial charge in [-0.2, -0.15) is 0 Å². The Balaban J connectivity index is 2.95. The molecule has 1 rings (SSSR count). The van der Waals surface area contributed by atoms with Crippen LogP contribution in [-0.4, -0.2) is 26.2 Å². The average Bonchev–Trinajstić information content (AvgIpc) is 2.32. The molecule has 0 amide bonds. The van der Waals surface area contributed by atoms with Crippen LogP contribution < -0.4 is 4.72 Å². The molecule has 4 nitrogen and oxygen atoms in total. The summed E-state index contributed by atoms with van der Waals surface area (Å²) in [5.41, 5.74) is 0. The van der Waals surface area contributed by atoms with Crippen LogP contribution in [0.1, 0.15) is 19.8 Å². The van der Waals surface area contributed by atoms with Crippen LogP contribution in [0.3, 0.4) is 0 Å². The predicted molar refractivity (Wildman–Crippen MR) is 62.4 cm³/mol. The van der Waals surface area contributed by atoms with Gasteiger partial charge in [0.2, 0.25) is 10.0 Å². The van der Waals surface area contributed by atoms with E-state index in [-0.39, 0.29) is 6.61 Å². The van der Waals surface area contributed by atoms with Crippen molar-refractivity contribution in [2.75, 3.05) is 6.61 Å². The summed E-state index contributed by atoms with van der Waals surface area (Å²) < 4.78 is 64.4. The van der Waals surface area contributed by atoms with E-state index in [0.29, 0.717) is 25.0 Å². The van der Waals surface area contributed by atoms with Crippen molar-refractivity contribution in [2.45, 2.75) is 30.7 Å². The van der Waals surface area contributed by atoms with E-state index in [0.717, 1.165) is 0 Å². The fraction of sp³-hybridized carbons (Fsp3) is 0.455. The molecule has 0 radical (unpaired) electrons. The Morgan fingerprint density at radius 3 is 2.26 bits per heavy atom. The minimum atomic E-state index is -4.13. The van der Waals surface area contributed by atoms with Gasteiger partial charge >= 0.3 is 0 Å². The van der Waals surface area contributed by atoms with Gasteiger partial charge in [-0.3, -0.25) is 0 Å². The summed E-state index contributed by atoms with van der Waals surface area (Å²) >= 11 is 0. The maximum absolute atomic E-state index is 13.0. The van der Waals surface area contributed by atoms with Gasteiger partial charge in [-0.25, -0.2) is 26.3 Å². The van der Waals surface area contributed by atoms with Crippen LogP contribution >= 0.6 is 0 Å². The zero-order valence-electron chi connectivity index (χ0n) is 10.2. The lowest BCUT2D eigenvalue weighted by Gasteiger charge is -2.13. The molecule has 1 atom stereocenters. The summed E-state index contributed by atoms with van der Waals surface area (Å²) in [6.45, 7) is 1.45. The van der Waals surface area contributed by atoms with E-state index in [1.165, 1.54) is 0 Å². The van der Waals surface area contributed by atoms with E-state index in [1.807, 2.05) is 0 Å².